The van der Waals surface area contributed by atoms with E-state index in [0.29, 0.717) is 5.69 Å². The van der Waals surface area contributed by atoms with Crippen molar-refractivity contribution in [1.82, 2.24) is 14.8 Å². The molecule has 8 heteroatoms. The predicted molar refractivity (Wildman–Crippen MR) is 95.7 cm³/mol. The molecule has 1 atom stereocenters. The Morgan fingerprint density at radius 3 is 2.84 bits per heavy atom. The maximum atomic E-state index is 11.9. The summed E-state index contributed by atoms with van der Waals surface area (Å²) in [6.07, 6.45) is 2.81. The molecule has 1 aromatic rings. The molecule has 25 heavy (non-hydrogen) atoms. The Hall–Kier alpha value is -2.19. The van der Waals surface area contributed by atoms with E-state index in [-0.39, 0.29) is 18.5 Å². The zero-order chi connectivity index (χ0) is 18.7. The second-order valence-corrected chi connectivity index (χ2v) is 6.09. The molecule has 1 saturated heterocycles. The van der Waals surface area contributed by atoms with Crippen molar-refractivity contribution >= 4 is 18.2 Å². The number of amides is 1. The van der Waals surface area contributed by atoms with Gasteiger partial charge in [0.15, 0.2) is 0 Å². The van der Waals surface area contributed by atoms with Crippen LogP contribution in [-0.4, -0.2) is 83.8 Å². The smallest absolute Gasteiger partial charge is 0.290 e. The van der Waals surface area contributed by atoms with Gasteiger partial charge in [0.05, 0.1) is 6.10 Å². The molecule has 1 unspecified atom stereocenters. The minimum atomic E-state index is -0.250. The average Bonchev–Trinajstić information content (AvgIpc) is 2.59. The van der Waals surface area contributed by atoms with Gasteiger partial charge in [0.25, 0.3) is 12.4 Å². The molecular weight excluding hydrogens is 324 g/mol. The Bertz CT molecular complexity index is 539. The van der Waals surface area contributed by atoms with Crippen LogP contribution in [0.1, 0.15) is 29.8 Å². The van der Waals surface area contributed by atoms with Gasteiger partial charge in [-0.25, -0.2) is 4.98 Å². The van der Waals surface area contributed by atoms with Crippen molar-refractivity contribution in [3.8, 4) is 0 Å². The number of piperidine rings is 1. The van der Waals surface area contributed by atoms with Gasteiger partial charge in [0, 0.05) is 27.2 Å². The predicted octanol–water partition coefficient (Wildman–Crippen LogP) is 0.743. The van der Waals surface area contributed by atoms with Crippen molar-refractivity contribution < 1.29 is 19.8 Å². The van der Waals surface area contributed by atoms with Crippen LogP contribution in [0.4, 0.5) is 5.82 Å². The van der Waals surface area contributed by atoms with Crippen molar-refractivity contribution in [2.24, 2.45) is 0 Å². The SMILES string of the molecule is CN(C)C(=O)c1cccc(NCCCN2CCCC(O)C2)n1.O=CO. The summed E-state index contributed by atoms with van der Waals surface area (Å²) >= 11 is 0. The fourth-order valence-corrected chi connectivity index (χ4v) is 2.63. The lowest BCUT2D eigenvalue weighted by molar-refractivity contribution is -0.122. The highest BCUT2D eigenvalue weighted by molar-refractivity contribution is 5.92. The number of nitrogens with one attached hydrogen (secondary N) is 1. The third-order valence-corrected chi connectivity index (χ3v) is 3.81. The second kappa shape index (κ2) is 11.4. The van der Waals surface area contributed by atoms with Crippen LogP contribution < -0.4 is 5.32 Å². The second-order valence-electron chi connectivity index (χ2n) is 6.09. The van der Waals surface area contributed by atoms with E-state index in [4.69, 9.17) is 9.90 Å². The first kappa shape index (κ1) is 20.9. The monoisotopic (exact) mass is 352 g/mol. The maximum absolute atomic E-state index is 11.9. The van der Waals surface area contributed by atoms with Gasteiger partial charge in [-0.05, 0) is 44.5 Å². The van der Waals surface area contributed by atoms with E-state index in [0.717, 1.165) is 51.3 Å². The number of carbonyl (C=O) groups is 2. The highest BCUT2D eigenvalue weighted by atomic mass is 16.3. The normalized spacial score (nSPS) is 17.2. The number of nitrogens with zero attached hydrogens (tertiary/aromatic N) is 3. The van der Waals surface area contributed by atoms with Crippen molar-refractivity contribution in [2.45, 2.75) is 25.4 Å². The number of aromatic nitrogens is 1. The average molecular weight is 352 g/mol. The molecule has 0 aromatic carbocycles. The van der Waals surface area contributed by atoms with Crippen LogP contribution >= 0.6 is 0 Å². The van der Waals surface area contributed by atoms with E-state index in [1.54, 1.807) is 20.2 Å². The summed E-state index contributed by atoms with van der Waals surface area (Å²) in [5, 5.41) is 19.8. The lowest BCUT2D eigenvalue weighted by atomic mass is 10.1. The molecule has 1 aromatic heterocycles. The van der Waals surface area contributed by atoms with E-state index in [1.165, 1.54) is 4.90 Å². The maximum Gasteiger partial charge on any atom is 0.290 e. The van der Waals surface area contributed by atoms with E-state index in [1.807, 2.05) is 12.1 Å². The Balaban J connectivity index is 0.000000970. The molecule has 1 amide bonds. The molecule has 0 spiro atoms. The highest BCUT2D eigenvalue weighted by Gasteiger charge is 2.16. The van der Waals surface area contributed by atoms with Gasteiger partial charge in [-0.1, -0.05) is 6.07 Å². The minimum Gasteiger partial charge on any atom is -0.483 e. The van der Waals surface area contributed by atoms with Gasteiger partial charge in [-0.3, -0.25) is 9.59 Å². The first-order chi connectivity index (χ1) is 12.0. The molecule has 1 aliphatic rings. The number of pyridine rings is 1. The van der Waals surface area contributed by atoms with Crippen LogP contribution in [0.25, 0.3) is 0 Å². The van der Waals surface area contributed by atoms with Crippen molar-refractivity contribution in [1.29, 1.82) is 0 Å². The lowest BCUT2D eigenvalue weighted by Gasteiger charge is -2.29. The van der Waals surface area contributed by atoms with Crippen LogP contribution in [0.5, 0.6) is 0 Å². The van der Waals surface area contributed by atoms with Crippen LogP contribution in [0, 0.1) is 0 Å². The van der Waals surface area contributed by atoms with Gasteiger partial charge >= 0.3 is 0 Å². The molecule has 0 bridgehead atoms. The Morgan fingerprint density at radius 1 is 1.48 bits per heavy atom. The van der Waals surface area contributed by atoms with Crippen LogP contribution in [0.15, 0.2) is 18.2 Å². The van der Waals surface area contributed by atoms with Gasteiger partial charge in [0.1, 0.15) is 11.5 Å². The standard InChI is InChI=1S/C16H26N4O2.CH2O2/c1-19(2)16(22)14-7-3-8-15(18-14)17-9-5-11-20-10-4-6-13(21)12-20;2-1-3/h3,7-8,13,21H,4-6,9-12H2,1-2H3,(H,17,18);1H,(H,2,3). The largest absolute Gasteiger partial charge is 0.483 e. The quantitative estimate of drug-likeness (QED) is 0.512. The summed E-state index contributed by atoms with van der Waals surface area (Å²) in [4.78, 5) is 28.4. The molecule has 0 aliphatic carbocycles. The van der Waals surface area contributed by atoms with Crippen LogP contribution in [-0.2, 0) is 4.79 Å². The summed E-state index contributed by atoms with van der Waals surface area (Å²) in [6, 6.07) is 5.44. The number of hydrogen-bond donors (Lipinski definition) is 3. The van der Waals surface area contributed by atoms with Gasteiger partial charge in [-0.15, -0.1) is 0 Å². The molecule has 3 N–H and O–H groups in total. The van der Waals surface area contributed by atoms with E-state index < -0.39 is 0 Å². The third-order valence-electron chi connectivity index (χ3n) is 3.81. The number of hydrogen-bond acceptors (Lipinski definition) is 6. The van der Waals surface area contributed by atoms with Crippen molar-refractivity contribution in [3.05, 3.63) is 23.9 Å². The number of aliphatic hydroxyl groups is 1. The zero-order valence-corrected chi connectivity index (χ0v) is 14.9. The number of carbonyl (C=O) groups excluding carboxylic acids is 1. The number of β-amino-alcohol motifs (C(OH)–C–C–N with tert-alkyl or cyclic N) is 1. The zero-order valence-electron chi connectivity index (χ0n) is 14.9. The topological polar surface area (TPSA) is 106 Å². The van der Waals surface area contributed by atoms with Crippen molar-refractivity contribution in [2.75, 3.05) is 45.6 Å². The number of anilines is 1. The molecular formula is C17H28N4O4. The van der Waals surface area contributed by atoms with E-state index in [9.17, 15) is 9.90 Å². The lowest BCUT2D eigenvalue weighted by Crippen LogP contribution is -2.39. The van der Waals surface area contributed by atoms with E-state index in [2.05, 4.69) is 15.2 Å². The van der Waals surface area contributed by atoms with Gasteiger partial charge in [-0.2, -0.15) is 0 Å². The highest BCUT2D eigenvalue weighted by Crippen LogP contribution is 2.10. The van der Waals surface area contributed by atoms with Crippen LogP contribution in [0.3, 0.4) is 0 Å². The Labute approximate surface area is 148 Å². The third kappa shape index (κ3) is 7.95. The summed E-state index contributed by atoms with van der Waals surface area (Å²) in [7, 11) is 3.44. The molecule has 1 fully saturated rings. The first-order valence-electron chi connectivity index (χ1n) is 8.38. The molecule has 0 saturated carbocycles. The fraction of sp³-hybridized carbons (Fsp3) is 0.588. The van der Waals surface area contributed by atoms with E-state index >= 15 is 0 Å². The van der Waals surface area contributed by atoms with Gasteiger partial charge < -0.3 is 25.3 Å². The molecule has 2 heterocycles. The molecule has 140 valence electrons. The summed E-state index contributed by atoms with van der Waals surface area (Å²) in [5.74, 6) is 0.636. The number of rotatable bonds is 6. The molecule has 0 radical (unpaired) electrons. The summed E-state index contributed by atoms with van der Waals surface area (Å²) in [5.41, 5.74) is 0.453. The molecule has 2 rings (SSSR count). The number of likely N-dealkylation sites (tertiary alicyclic amines) is 1. The first-order valence-corrected chi connectivity index (χ1v) is 8.38. The summed E-state index contributed by atoms with van der Waals surface area (Å²) in [6.45, 7) is 3.38. The number of aliphatic hydroxyl groups excluding tert-OH is 1. The fourth-order valence-electron chi connectivity index (χ4n) is 2.63. The summed E-state index contributed by atoms with van der Waals surface area (Å²) < 4.78 is 0. The molecule has 1 aliphatic heterocycles. The Kier molecular flexibility index (Phi) is 9.49. The minimum absolute atomic E-state index is 0.0917. The number of carboxylic acid groups (broad SMARTS) is 1. The van der Waals surface area contributed by atoms with Crippen molar-refractivity contribution in [3.63, 3.8) is 0 Å². The Morgan fingerprint density at radius 2 is 2.20 bits per heavy atom. The van der Waals surface area contributed by atoms with Gasteiger partial charge in [0.2, 0.25) is 0 Å². The molecule has 8 nitrogen and oxygen atoms in total. The van der Waals surface area contributed by atoms with Crippen LogP contribution in [0.2, 0.25) is 0 Å².